The van der Waals surface area contributed by atoms with Gasteiger partial charge in [0.1, 0.15) is 11.5 Å². The number of hydrogen-bond acceptors (Lipinski definition) is 5. The minimum absolute atomic E-state index is 0.0193. The lowest BCUT2D eigenvalue weighted by molar-refractivity contribution is 0.474. The maximum Gasteiger partial charge on any atom is 0.117 e. The van der Waals surface area contributed by atoms with E-state index in [1.165, 1.54) is 6.07 Å². The first kappa shape index (κ1) is 14.0. The normalized spacial score (nSPS) is 21.4. The number of phenolic OH excluding ortho intramolecular Hbond substituents is 2. The summed E-state index contributed by atoms with van der Waals surface area (Å²) in [6.07, 6.45) is 0.841. The summed E-state index contributed by atoms with van der Waals surface area (Å²) < 4.78 is 0. The van der Waals surface area contributed by atoms with Gasteiger partial charge in [0.05, 0.1) is 16.9 Å². The van der Waals surface area contributed by atoms with Gasteiger partial charge in [-0.3, -0.25) is 0 Å². The summed E-state index contributed by atoms with van der Waals surface area (Å²) >= 11 is 6.08. The second-order valence-electron chi connectivity index (χ2n) is 5.03. The van der Waals surface area contributed by atoms with Crippen molar-refractivity contribution in [2.75, 3.05) is 5.32 Å². The molecule has 6 heteroatoms. The molecular formula is C15H16ClN3O2. The number of nitrogens with one attached hydrogen (secondary N) is 3. The number of hydrogen-bond donors (Lipinski definition) is 5. The van der Waals surface area contributed by atoms with Crippen LogP contribution in [-0.4, -0.2) is 16.4 Å². The molecule has 2 unspecified atom stereocenters. The Kier molecular flexibility index (Phi) is 3.88. The molecule has 0 aromatic heterocycles. The summed E-state index contributed by atoms with van der Waals surface area (Å²) in [5.74, 6) is 0.403. The molecule has 0 saturated carbocycles. The molecule has 3 rings (SSSR count). The largest absolute Gasteiger partial charge is 0.508 e. The van der Waals surface area contributed by atoms with Crippen molar-refractivity contribution in [2.45, 2.75) is 18.6 Å². The van der Waals surface area contributed by atoms with E-state index >= 15 is 0 Å². The molecule has 0 bridgehead atoms. The molecule has 21 heavy (non-hydrogen) atoms. The van der Waals surface area contributed by atoms with Gasteiger partial charge in [0.15, 0.2) is 0 Å². The van der Waals surface area contributed by atoms with Crippen LogP contribution in [0.1, 0.15) is 18.0 Å². The lowest BCUT2D eigenvalue weighted by Crippen LogP contribution is -2.35. The van der Waals surface area contributed by atoms with E-state index < -0.39 is 0 Å². The van der Waals surface area contributed by atoms with Gasteiger partial charge < -0.3 is 15.5 Å². The highest BCUT2D eigenvalue weighted by molar-refractivity contribution is 6.33. The maximum atomic E-state index is 9.35. The number of halogens is 1. The van der Waals surface area contributed by atoms with Gasteiger partial charge in [-0.25, -0.2) is 10.9 Å². The average molecular weight is 306 g/mol. The molecule has 2 atom stereocenters. The van der Waals surface area contributed by atoms with E-state index in [2.05, 4.69) is 16.2 Å². The van der Waals surface area contributed by atoms with Crippen LogP contribution < -0.4 is 16.2 Å². The standard InChI is InChI=1S/C15H16ClN3O2/c16-12-7-11(21)5-6-13(12)17-15-8-14(18-19-15)9-1-3-10(20)4-2-9/h1-7,14-15,17-21H,8H2. The van der Waals surface area contributed by atoms with Crippen LogP contribution in [0.3, 0.4) is 0 Å². The first-order valence-electron chi connectivity index (χ1n) is 6.67. The van der Waals surface area contributed by atoms with E-state index in [0.717, 1.165) is 17.7 Å². The van der Waals surface area contributed by atoms with E-state index in [9.17, 15) is 10.2 Å². The third kappa shape index (κ3) is 3.21. The van der Waals surface area contributed by atoms with Crippen molar-refractivity contribution >= 4 is 17.3 Å². The Labute approximate surface area is 127 Å². The molecule has 1 heterocycles. The van der Waals surface area contributed by atoms with Gasteiger partial charge in [0, 0.05) is 18.5 Å². The Balaban J connectivity index is 1.65. The summed E-state index contributed by atoms with van der Waals surface area (Å²) in [4.78, 5) is 0. The molecule has 0 spiro atoms. The molecule has 1 aliphatic heterocycles. The highest BCUT2D eigenvalue weighted by Gasteiger charge is 2.25. The molecule has 2 aromatic carbocycles. The second kappa shape index (κ2) is 5.81. The fraction of sp³-hybridized carbons (Fsp3) is 0.200. The average Bonchev–Trinajstić information content (AvgIpc) is 2.91. The smallest absolute Gasteiger partial charge is 0.117 e. The van der Waals surface area contributed by atoms with Crippen molar-refractivity contribution < 1.29 is 10.2 Å². The number of phenols is 2. The zero-order valence-corrected chi connectivity index (χ0v) is 11.9. The van der Waals surface area contributed by atoms with Crippen molar-refractivity contribution in [3.63, 3.8) is 0 Å². The molecule has 0 amide bonds. The van der Waals surface area contributed by atoms with Gasteiger partial charge in [-0.1, -0.05) is 23.7 Å². The van der Waals surface area contributed by atoms with Gasteiger partial charge in [-0.2, -0.15) is 0 Å². The molecule has 1 aliphatic rings. The van der Waals surface area contributed by atoms with Crippen molar-refractivity contribution in [1.29, 1.82) is 0 Å². The first-order valence-corrected chi connectivity index (χ1v) is 7.04. The highest BCUT2D eigenvalue weighted by atomic mass is 35.5. The summed E-state index contributed by atoms with van der Waals surface area (Å²) in [6.45, 7) is 0. The predicted octanol–water partition coefficient (Wildman–Crippen LogP) is 2.73. The third-order valence-corrected chi connectivity index (χ3v) is 3.79. The summed E-state index contributed by atoms with van der Waals surface area (Å²) in [5, 5.41) is 22.4. The minimum Gasteiger partial charge on any atom is -0.508 e. The lowest BCUT2D eigenvalue weighted by Gasteiger charge is -2.15. The number of anilines is 1. The zero-order valence-electron chi connectivity index (χ0n) is 11.2. The minimum atomic E-state index is 0.0193. The van der Waals surface area contributed by atoms with Crippen molar-refractivity contribution in [1.82, 2.24) is 10.9 Å². The number of hydrazine groups is 1. The summed E-state index contributed by atoms with van der Waals surface area (Å²) in [6, 6.07) is 12.1. The van der Waals surface area contributed by atoms with Gasteiger partial charge in [0.2, 0.25) is 0 Å². The number of benzene rings is 2. The van der Waals surface area contributed by atoms with Crippen molar-refractivity contribution in [2.24, 2.45) is 0 Å². The molecule has 1 saturated heterocycles. The number of rotatable bonds is 3. The summed E-state index contributed by atoms with van der Waals surface area (Å²) in [5.41, 5.74) is 8.23. The van der Waals surface area contributed by atoms with E-state index in [0.29, 0.717) is 5.02 Å². The fourth-order valence-corrected chi connectivity index (χ4v) is 2.61. The van der Waals surface area contributed by atoms with Crippen LogP contribution in [0.4, 0.5) is 5.69 Å². The van der Waals surface area contributed by atoms with Gasteiger partial charge in [-0.15, -0.1) is 0 Å². The maximum absolute atomic E-state index is 9.35. The van der Waals surface area contributed by atoms with Gasteiger partial charge >= 0.3 is 0 Å². The Morgan fingerprint density at radius 2 is 1.71 bits per heavy atom. The van der Waals surface area contributed by atoms with Crippen LogP contribution in [0.15, 0.2) is 42.5 Å². The molecule has 1 fully saturated rings. The van der Waals surface area contributed by atoms with Crippen LogP contribution in [0.25, 0.3) is 0 Å². The first-order chi connectivity index (χ1) is 10.1. The quantitative estimate of drug-likeness (QED) is 0.564. The monoisotopic (exact) mass is 305 g/mol. The van der Waals surface area contributed by atoms with E-state index in [4.69, 9.17) is 11.6 Å². The fourth-order valence-electron chi connectivity index (χ4n) is 2.38. The Bertz CT molecular complexity index is 633. The van der Waals surface area contributed by atoms with Gasteiger partial charge in [0.25, 0.3) is 0 Å². The predicted molar refractivity (Wildman–Crippen MR) is 82.3 cm³/mol. The Hall–Kier alpha value is -1.95. The van der Waals surface area contributed by atoms with Crippen LogP contribution in [0.2, 0.25) is 5.02 Å². The van der Waals surface area contributed by atoms with E-state index in [-0.39, 0.29) is 23.7 Å². The highest BCUT2D eigenvalue weighted by Crippen LogP contribution is 2.29. The molecule has 2 aromatic rings. The van der Waals surface area contributed by atoms with Crippen LogP contribution in [0.5, 0.6) is 11.5 Å². The topological polar surface area (TPSA) is 76.5 Å². The van der Waals surface area contributed by atoms with Crippen molar-refractivity contribution in [3.05, 3.63) is 53.1 Å². The third-order valence-electron chi connectivity index (χ3n) is 3.48. The Morgan fingerprint density at radius 1 is 1.00 bits per heavy atom. The van der Waals surface area contributed by atoms with Crippen LogP contribution in [0, 0.1) is 0 Å². The zero-order chi connectivity index (χ0) is 14.8. The summed E-state index contributed by atoms with van der Waals surface area (Å²) in [7, 11) is 0. The molecule has 0 aliphatic carbocycles. The molecule has 5 nitrogen and oxygen atoms in total. The van der Waals surface area contributed by atoms with Gasteiger partial charge in [-0.05, 0) is 29.8 Å². The van der Waals surface area contributed by atoms with Crippen LogP contribution in [-0.2, 0) is 0 Å². The Morgan fingerprint density at radius 3 is 2.43 bits per heavy atom. The molecular weight excluding hydrogens is 290 g/mol. The molecule has 5 N–H and O–H groups in total. The van der Waals surface area contributed by atoms with Crippen LogP contribution >= 0.6 is 11.6 Å². The molecule has 110 valence electrons. The second-order valence-corrected chi connectivity index (χ2v) is 5.44. The van der Waals surface area contributed by atoms with E-state index in [1.807, 2.05) is 12.1 Å². The number of aromatic hydroxyl groups is 2. The van der Waals surface area contributed by atoms with Crippen molar-refractivity contribution in [3.8, 4) is 11.5 Å². The van der Waals surface area contributed by atoms with E-state index in [1.54, 1.807) is 24.3 Å². The molecule has 0 radical (unpaired) electrons. The lowest BCUT2D eigenvalue weighted by atomic mass is 10.0. The SMILES string of the molecule is Oc1ccc(C2CC(Nc3ccc(O)cc3Cl)NN2)cc1.